The Morgan fingerprint density at radius 3 is 1.79 bits per heavy atom. The molecule has 0 N–H and O–H groups in total. The first-order valence-corrected chi connectivity index (χ1v) is 6.58. The molecule has 0 aromatic carbocycles. The number of hydrogen-bond donors (Lipinski definition) is 0. The Morgan fingerprint density at radius 2 is 1.32 bits per heavy atom. The van der Waals surface area contributed by atoms with Crippen LogP contribution in [0, 0.1) is 0 Å². The van der Waals surface area contributed by atoms with E-state index < -0.39 is 0 Å². The van der Waals surface area contributed by atoms with E-state index in [1.807, 2.05) is 13.8 Å². The van der Waals surface area contributed by atoms with Crippen LogP contribution < -0.4 is 0 Å². The number of rotatable bonds is 13. The van der Waals surface area contributed by atoms with Crippen molar-refractivity contribution in [2.24, 2.45) is 0 Å². The minimum Gasteiger partial charge on any atom is -0.469 e. The van der Waals surface area contributed by atoms with E-state index in [4.69, 9.17) is 18.9 Å². The molecule has 19 heavy (non-hydrogen) atoms. The third-order valence-corrected chi connectivity index (χ3v) is 2.10. The van der Waals surface area contributed by atoms with E-state index in [1.165, 1.54) is 7.11 Å². The van der Waals surface area contributed by atoms with Crippen LogP contribution in [0.25, 0.3) is 0 Å². The summed E-state index contributed by atoms with van der Waals surface area (Å²) in [5.41, 5.74) is 0. The van der Waals surface area contributed by atoms with Crippen molar-refractivity contribution in [1.82, 2.24) is 0 Å². The van der Waals surface area contributed by atoms with Crippen molar-refractivity contribution in [1.29, 1.82) is 0 Å². The SMILES string of the molecule is COC(=O)CCOCCOCCOCCOC(C)C. The zero-order valence-electron chi connectivity index (χ0n) is 12.2. The van der Waals surface area contributed by atoms with Gasteiger partial charge in [-0.05, 0) is 13.8 Å². The Labute approximate surface area is 115 Å². The first-order valence-electron chi connectivity index (χ1n) is 6.58. The molecule has 0 aliphatic rings. The molecule has 0 spiro atoms. The highest BCUT2D eigenvalue weighted by Crippen LogP contribution is 1.88. The average molecular weight is 278 g/mol. The summed E-state index contributed by atoms with van der Waals surface area (Å²) in [6.07, 6.45) is 0.511. The Bertz CT molecular complexity index is 207. The number of methoxy groups -OCH3 is 1. The first kappa shape index (κ1) is 18.3. The van der Waals surface area contributed by atoms with Crippen LogP contribution in [0.4, 0.5) is 0 Å². The minimum atomic E-state index is -0.266. The molecule has 114 valence electrons. The Hall–Kier alpha value is -0.690. The van der Waals surface area contributed by atoms with Crippen molar-refractivity contribution < 1.29 is 28.5 Å². The van der Waals surface area contributed by atoms with E-state index in [2.05, 4.69) is 4.74 Å². The molecule has 0 saturated heterocycles. The molecule has 0 radical (unpaired) electrons. The molecular weight excluding hydrogens is 252 g/mol. The quantitative estimate of drug-likeness (QED) is 0.370. The van der Waals surface area contributed by atoms with Crippen LogP contribution in [-0.4, -0.2) is 65.4 Å². The summed E-state index contributed by atoms with van der Waals surface area (Å²) < 4.78 is 25.6. The second kappa shape index (κ2) is 13.7. The van der Waals surface area contributed by atoms with Gasteiger partial charge in [0.05, 0.1) is 65.9 Å². The van der Waals surface area contributed by atoms with Gasteiger partial charge in [-0.25, -0.2) is 0 Å². The van der Waals surface area contributed by atoms with Gasteiger partial charge >= 0.3 is 5.97 Å². The molecule has 0 heterocycles. The highest BCUT2D eigenvalue weighted by Gasteiger charge is 1.99. The Morgan fingerprint density at radius 1 is 0.842 bits per heavy atom. The second-order valence-corrected chi connectivity index (χ2v) is 4.08. The molecule has 0 rings (SSSR count). The van der Waals surface area contributed by atoms with E-state index >= 15 is 0 Å². The molecule has 0 unspecified atom stereocenters. The predicted molar refractivity (Wildman–Crippen MR) is 70.2 cm³/mol. The van der Waals surface area contributed by atoms with Crippen molar-refractivity contribution >= 4 is 5.97 Å². The van der Waals surface area contributed by atoms with Gasteiger partial charge in [0.25, 0.3) is 0 Å². The smallest absolute Gasteiger partial charge is 0.307 e. The number of carbonyl (C=O) groups is 1. The highest BCUT2D eigenvalue weighted by atomic mass is 16.6. The van der Waals surface area contributed by atoms with Gasteiger partial charge < -0.3 is 23.7 Å². The maximum atomic E-state index is 10.8. The number of carbonyl (C=O) groups excluding carboxylic acids is 1. The molecule has 0 fully saturated rings. The normalized spacial score (nSPS) is 10.9. The van der Waals surface area contributed by atoms with E-state index in [-0.39, 0.29) is 18.5 Å². The van der Waals surface area contributed by atoms with Gasteiger partial charge in [0.1, 0.15) is 0 Å². The molecule has 0 atom stereocenters. The van der Waals surface area contributed by atoms with Gasteiger partial charge in [-0.1, -0.05) is 0 Å². The summed E-state index contributed by atoms with van der Waals surface area (Å²) in [6, 6.07) is 0. The summed E-state index contributed by atoms with van der Waals surface area (Å²) in [5.74, 6) is -0.266. The van der Waals surface area contributed by atoms with Crippen LogP contribution in [0.1, 0.15) is 20.3 Å². The molecule has 0 saturated carbocycles. The molecule has 6 nitrogen and oxygen atoms in total. The van der Waals surface area contributed by atoms with Crippen molar-refractivity contribution in [3.8, 4) is 0 Å². The summed E-state index contributed by atoms with van der Waals surface area (Å²) in [7, 11) is 1.36. The lowest BCUT2D eigenvalue weighted by Gasteiger charge is -2.08. The van der Waals surface area contributed by atoms with Crippen molar-refractivity contribution in [3.05, 3.63) is 0 Å². The number of ether oxygens (including phenoxy) is 5. The van der Waals surface area contributed by atoms with E-state index in [0.717, 1.165) is 0 Å². The summed E-state index contributed by atoms with van der Waals surface area (Å²) in [6.45, 7) is 7.56. The van der Waals surface area contributed by atoms with Crippen LogP contribution in [0.3, 0.4) is 0 Å². The first-order chi connectivity index (χ1) is 9.16. The third kappa shape index (κ3) is 15.3. The summed E-state index contributed by atoms with van der Waals surface area (Å²) >= 11 is 0. The minimum absolute atomic E-state index is 0.238. The van der Waals surface area contributed by atoms with Gasteiger partial charge in [0, 0.05) is 0 Å². The monoisotopic (exact) mass is 278 g/mol. The lowest BCUT2D eigenvalue weighted by Crippen LogP contribution is -2.14. The molecule has 0 amide bonds. The fourth-order valence-electron chi connectivity index (χ4n) is 1.14. The molecule has 0 aliphatic heterocycles. The van der Waals surface area contributed by atoms with Crippen LogP contribution in [-0.2, 0) is 28.5 Å². The fraction of sp³-hybridized carbons (Fsp3) is 0.923. The standard InChI is InChI=1S/C13H26O6/c1-12(2)19-11-10-18-9-8-17-7-6-16-5-4-13(14)15-3/h12H,4-11H2,1-3H3. The van der Waals surface area contributed by atoms with Gasteiger partial charge in [-0.15, -0.1) is 0 Å². The molecule has 0 aliphatic carbocycles. The molecule has 6 heteroatoms. The zero-order valence-corrected chi connectivity index (χ0v) is 12.2. The van der Waals surface area contributed by atoms with Gasteiger partial charge in [0.15, 0.2) is 0 Å². The van der Waals surface area contributed by atoms with Crippen LogP contribution in [0.5, 0.6) is 0 Å². The number of hydrogen-bond acceptors (Lipinski definition) is 6. The van der Waals surface area contributed by atoms with Crippen molar-refractivity contribution in [2.75, 3.05) is 53.4 Å². The lowest BCUT2D eigenvalue weighted by molar-refractivity contribution is -0.141. The van der Waals surface area contributed by atoms with Gasteiger partial charge in [-0.3, -0.25) is 4.79 Å². The topological polar surface area (TPSA) is 63.2 Å². The van der Waals surface area contributed by atoms with Gasteiger partial charge in [0.2, 0.25) is 0 Å². The largest absolute Gasteiger partial charge is 0.469 e. The molecule has 0 aromatic heterocycles. The van der Waals surface area contributed by atoms with Crippen LogP contribution in [0.2, 0.25) is 0 Å². The van der Waals surface area contributed by atoms with Crippen molar-refractivity contribution in [3.63, 3.8) is 0 Å². The van der Waals surface area contributed by atoms with E-state index in [1.54, 1.807) is 0 Å². The lowest BCUT2D eigenvalue weighted by atomic mass is 10.5. The maximum absolute atomic E-state index is 10.8. The fourth-order valence-corrected chi connectivity index (χ4v) is 1.14. The van der Waals surface area contributed by atoms with E-state index in [9.17, 15) is 4.79 Å². The summed E-state index contributed by atoms with van der Waals surface area (Å²) in [4.78, 5) is 10.8. The molecular formula is C13H26O6. The van der Waals surface area contributed by atoms with Gasteiger partial charge in [-0.2, -0.15) is 0 Å². The van der Waals surface area contributed by atoms with Crippen molar-refractivity contribution in [2.45, 2.75) is 26.4 Å². The highest BCUT2D eigenvalue weighted by molar-refractivity contribution is 5.69. The third-order valence-electron chi connectivity index (χ3n) is 2.10. The Kier molecular flexibility index (Phi) is 13.2. The van der Waals surface area contributed by atoms with Crippen LogP contribution in [0.15, 0.2) is 0 Å². The second-order valence-electron chi connectivity index (χ2n) is 4.08. The Balaban J connectivity index is 3.01. The average Bonchev–Trinajstić information content (AvgIpc) is 2.39. The molecule has 0 bridgehead atoms. The van der Waals surface area contributed by atoms with E-state index in [0.29, 0.717) is 46.2 Å². The zero-order chi connectivity index (χ0) is 14.3. The maximum Gasteiger partial charge on any atom is 0.307 e. The van der Waals surface area contributed by atoms with Crippen LogP contribution >= 0.6 is 0 Å². The summed E-state index contributed by atoms with van der Waals surface area (Å²) in [5, 5.41) is 0. The predicted octanol–water partition coefficient (Wildman–Crippen LogP) is 1.02. The number of esters is 1. The molecule has 0 aromatic rings.